The van der Waals surface area contributed by atoms with E-state index < -0.39 is 16.4 Å². The first-order valence-electron chi connectivity index (χ1n) is 6.60. The SMILES string of the molecule is COc1cc(NC(CCO)C(C)(C)C)c(F)cc1[N+](=O)[O-]. The van der Waals surface area contributed by atoms with Crippen LogP contribution < -0.4 is 10.1 Å². The number of anilines is 1. The predicted molar refractivity (Wildman–Crippen MR) is 78.2 cm³/mol. The van der Waals surface area contributed by atoms with Gasteiger partial charge in [0.25, 0.3) is 0 Å². The first-order chi connectivity index (χ1) is 9.70. The molecule has 0 spiro atoms. The van der Waals surface area contributed by atoms with Gasteiger partial charge in [-0.15, -0.1) is 0 Å². The first kappa shape index (κ1) is 17.2. The van der Waals surface area contributed by atoms with Crippen molar-refractivity contribution in [3.05, 3.63) is 28.1 Å². The number of nitrogens with one attached hydrogen (secondary N) is 1. The van der Waals surface area contributed by atoms with E-state index in [4.69, 9.17) is 9.84 Å². The van der Waals surface area contributed by atoms with Crippen molar-refractivity contribution >= 4 is 11.4 Å². The minimum atomic E-state index is -0.727. The second-order valence-electron chi connectivity index (χ2n) is 5.84. The predicted octanol–water partition coefficient (Wildman–Crippen LogP) is 2.95. The molecule has 7 heteroatoms. The lowest BCUT2D eigenvalue weighted by molar-refractivity contribution is -0.385. The van der Waals surface area contributed by atoms with Crippen LogP contribution in [0.5, 0.6) is 5.75 Å². The van der Waals surface area contributed by atoms with E-state index in [1.165, 1.54) is 13.2 Å². The van der Waals surface area contributed by atoms with Crippen molar-refractivity contribution in [2.75, 3.05) is 19.0 Å². The molecule has 6 nitrogen and oxygen atoms in total. The van der Waals surface area contributed by atoms with E-state index in [1.54, 1.807) is 0 Å². The summed E-state index contributed by atoms with van der Waals surface area (Å²) in [6, 6.07) is 1.91. The number of benzene rings is 1. The number of ether oxygens (including phenoxy) is 1. The Morgan fingerprint density at radius 3 is 2.52 bits per heavy atom. The average Bonchev–Trinajstić information content (AvgIpc) is 2.38. The maximum absolute atomic E-state index is 14.0. The molecule has 0 amide bonds. The molecule has 0 saturated heterocycles. The topological polar surface area (TPSA) is 84.6 Å². The number of nitrogens with zero attached hydrogens (tertiary/aromatic N) is 1. The van der Waals surface area contributed by atoms with Gasteiger partial charge in [-0.05, 0) is 11.8 Å². The fourth-order valence-electron chi connectivity index (χ4n) is 2.00. The van der Waals surface area contributed by atoms with E-state index in [9.17, 15) is 14.5 Å². The molecule has 0 bridgehead atoms. The third-order valence-corrected chi connectivity index (χ3v) is 3.26. The van der Waals surface area contributed by atoms with E-state index >= 15 is 0 Å². The minimum Gasteiger partial charge on any atom is -0.490 e. The van der Waals surface area contributed by atoms with Crippen molar-refractivity contribution in [1.29, 1.82) is 0 Å². The van der Waals surface area contributed by atoms with Gasteiger partial charge >= 0.3 is 5.69 Å². The van der Waals surface area contributed by atoms with Crippen LogP contribution in [-0.2, 0) is 0 Å². The summed E-state index contributed by atoms with van der Waals surface area (Å²) in [6.07, 6.45) is 0.433. The van der Waals surface area contributed by atoms with Crippen molar-refractivity contribution < 1.29 is 19.2 Å². The van der Waals surface area contributed by atoms with Crippen molar-refractivity contribution in [2.24, 2.45) is 5.41 Å². The van der Waals surface area contributed by atoms with E-state index in [0.717, 1.165) is 6.07 Å². The van der Waals surface area contributed by atoms with Gasteiger partial charge in [-0.3, -0.25) is 10.1 Å². The highest BCUT2D eigenvalue weighted by Gasteiger charge is 2.26. The Morgan fingerprint density at radius 1 is 1.48 bits per heavy atom. The highest BCUT2D eigenvalue weighted by atomic mass is 19.1. The Kier molecular flexibility index (Phi) is 5.48. The van der Waals surface area contributed by atoms with Gasteiger partial charge < -0.3 is 15.2 Å². The Hall–Kier alpha value is -1.89. The molecule has 2 N–H and O–H groups in total. The minimum absolute atomic E-state index is 0.0134. The maximum Gasteiger partial charge on any atom is 0.313 e. The second kappa shape index (κ2) is 6.71. The summed E-state index contributed by atoms with van der Waals surface area (Å²) in [6.45, 7) is 5.84. The van der Waals surface area contributed by atoms with E-state index in [-0.39, 0.29) is 29.5 Å². The third kappa shape index (κ3) is 4.29. The Bertz CT molecular complexity index is 514. The molecule has 0 fully saturated rings. The fourth-order valence-corrected chi connectivity index (χ4v) is 2.00. The van der Waals surface area contributed by atoms with Crippen molar-refractivity contribution in [2.45, 2.75) is 33.2 Å². The van der Waals surface area contributed by atoms with Crippen LogP contribution in [0.2, 0.25) is 0 Å². The van der Waals surface area contributed by atoms with Crippen LogP contribution in [0.4, 0.5) is 15.8 Å². The summed E-state index contributed by atoms with van der Waals surface area (Å²) in [5.41, 5.74) is -0.523. The summed E-state index contributed by atoms with van der Waals surface area (Å²) in [7, 11) is 1.29. The molecular weight excluding hydrogens is 279 g/mol. The number of hydrogen-bond acceptors (Lipinski definition) is 5. The molecule has 0 heterocycles. The lowest BCUT2D eigenvalue weighted by atomic mass is 9.84. The molecule has 21 heavy (non-hydrogen) atoms. The van der Waals surface area contributed by atoms with Crippen LogP contribution >= 0.6 is 0 Å². The van der Waals surface area contributed by atoms with Gasteiger partial charge in [-0.25, -0.2) is 4.39 Å². The first-order valence-corrected chi connectivity index (χ1v) is 6.60. The van der Waals surface area contributed by atoms with Crippen LogP contribution in [0.15, 0.2) is 12.1 Å². The number of hydrogen-bond donors (Lipinski definition) is 2. The van der Waals surface area contributed by atoms with E-state index in [1.807, 2.05) is 20.8 Å². The van der Waals surface area contributed by atoms with Crippen LogP contribution in [0.3, 0.4) is 0 Å². The number of rotatable bonds is 6. The van der Waals surface area contributed by atoms with Crippen LogP contribution in [0.25, 0.3) is 0 Å². The molecule has 0 saturated carbocycles. The summed E-state index contributed by atoms with van der Waals surface area (Å²) >= 11 is 0. The lowest BCUT2D eigenvalue weighted by Crippen LogP contribution is -2.35. The molecule has 0 aliphatic rings. The van der Waals surface area contributed by atoms with Crippen LogP contribution in [-0.4, -0.2) is 29.8 Å². The van der Waals surface area contributed by atoms with Gasteiger partial charge in [-0.1, -0.05) is 20.8 Å². The van der Waals surface area contributed by atoms with Crippen LogP contribution in [0, 0.1) is 21.3 Å². The van der Waals surface area contributed by atoms with Gasteiger partial charge in [0, 0.05) is 18.7 Å². The monoisotopic (exact) mass is 300 g/mol. The maximum atomic E-state index is 14.0. The molecule has 0 aliphatic heterocycles. The number of nitro benzene ring substituents is 1. The molecule has 1 rings (SSSR count). The second-order valence-corrected chi connectivity index (χ2v) is 5.84. The van der Waals surface area contributed by atoms with E-state index in [0.29, 0.717) is 6.42 Å². The van der Waals surface area contributed by atoms with Crippen molar-refractivity contribution in [3.8, 4) is 5.75 Å². The summed E-state index contributed by atoms with van der Waals surface area (Å²) in [4.78, 5) is 10.1. The smallest absolute Gasteiger partial charge is 0.313 e. The van der Waals surface area contributed by atoms with Gasteiger partial charge in [0.05, 0.1) is 23.8 Å². The number of halogens is 1. The zero-order chi connectivity index (χ0) is 16.2. The summed E-state index contributed by atoms with van der Waals surface area (Å²) in [5.74, 6) is -0.741. The van der Waals surface area contributed by atoms with Gasteiger partial charge in [0.2, 0.25) is 0 Å². The molecule has 1 unspecified atom stereocenters. The lowest BCUT2D eigenvalue weighted by Gasteiger charge is -2.32. The number of aliphatic hydroxyl groups excluding tert-OH is 1. The highest BCUT2D eigenvalue weighted by molar-refractivity contribution is 5.59. The van der Waals surface area contributed by atoms with Gasteiger partial charge in [-0.2, -0.15) is 0 Å². The largest absolute Gasteiger partial charge is 0.490 e. The Balaban J connectivity index is 3.15. The number of aliphatic hydroxyl groups is 1. The van der Waals surface area contributed by atoms with Gasteiger partial charge in [0.1, 0.15) is 0 Å². The number of methoxy groups -OCH3 is 1. The van der Waals surface area contributed by atoms with Crippen LogP contribution in [0.1, 0.15) is 27.2 Å². The molecule has 0 aromatic heterocycles. The normalized spacial score (nSPS) is 12.9. The van der Waals surface area contributed by atoms with Crippen molar-refractivity contribution in [3.63, 3.8) is 0 Å². The van der Waals surface area contributed by atoms with E-state index in [2.05, 4.69) is 5.32 Å². The molecule has 1 aromatic carbocycles. The molecule has 0 radical (unpaired) electrons. The molecule has 118 valence electrons. The summed E-state index contributed by atoms with van der Waals surface area (Å²) < 4.78 is 19.0. The third-order valence-electron chi connectivity index (χ3n) is 3.26. The quantitative estimate of drug-likeness (QED) is 0.623. The standard InChI is InChI=1S/C14H21FN2O4/c1-14(2,3)13(5-6-18)16-10-8-12(21-4)11(17(19)20)7-9(10)15/h7-8,13,16,18H,5-6H2,1-4H3. The summed E-state index contributed by atoms with van der Waals surface area (Å²) in [5, 5.41) is 22.9. The fraction of sp³-hybridized carbons (Fsp3) is 0.571. The Labute approximate surface area is 123 Å². The molecule has 1 aromatic rings. The molecular formula is C14H21FN2O4. The zero-order valence-electron chi connectivity index (χ0n) is 12.6. The average molecular weight is 300 g/mol. The molecule has 1 atom stereocenters. The zero-order valence-corrected chi connectivity index (χ0v) is 12.6. The van der Waals surface area contributed by atoms with Gasteiger partial charge in [0.15, 0.2) is 11.6 Å². The van der Waals surface area contributed by atoms with Crippen molar-refractivity contribution in [1.82, 2.24) is 0 Å². The number of nitro groups is 1. The highest BCUT2D eigenvalue weighted by Crippen LogP contribution is 2.34. The Morgan fingerprint density at radius 2 is 2.10 bits per heavy atom. The molecule has 0 aliphatic carbocycles.